The molecule has 0 saturated carbocycles. The molecule has 0 atom stereocenters. The molecule has 0 spiro atoms. The molecule has 1 aromatic carbocycles. The van der Waals surface area contributed by atoms with Gasteiger partial charge in [-0.25, -0.2) is 0 Å². The van der Waals surface area contributed by atoms with Gasteiger partial charge >= 0.3 is 0 Å². The van der Waals surface area contributed by atoms with Gasteiger partial charge in [0.25, 0.3) is 0 Å². The number of thioether (sulfide) groups is 1. The molecule has 0 aliphatic heterocycles. The van der Waals surface area contributed by atoms with Gasteiger partial charge in [0.15, 0.2) is 10.8 Å². The second kappa shape index (κ2) is 6.81. The van der Waals surface area contributed by atoms with Crippen LogP contribution in [0.5, 0.6) is 0 Å². The number of aromatic nitrogens is 3. The Morgan fingerprint density at radius 2 is 2.04 bits per heavy atom. The standard InChI is InChI=1S/C18H22N4OS/c1-11(2)9-19-16(23)10-24-18-21-20-15-8-13(4)14-7-5-6-12(3)17(14)22(15)18/h5-8,11H,9-10H2,1-4H3,(H,19,23). The third kappa shape index (κ3) is 3.24. The Morgan fingerprint density at radius 1 is 1.25 bits per heavy atom. The Morgan fingerprint density at radius 3 is 2.79 bits per heavy atom. The Balaban J connectivity index is 1.94. The number of benzene rings is 1. The first-order chi connectivity index (χ1) is 11.5. The Hall–Kier alpha value is -2.08. The zero-order chi connectivity index (χ0) is 17.3. The van der Waals surface area contributed by atoms with E-state index in [9.17, 15) is 4.79 Å². The molecule has 1 N–H and O–H groups in total. The van der Waals surface area contributed by atoms with Gasteiger partial charge in [0.05, 0.1) is 11.3 Å². The number of carbonyl (C=O) groups excluding carboxylic acids is 1. The molecule has 3 rings (SSSR count). The van der Waals surface area contributed by atoms with Gasteiger partial charge in [-0.05, 0) is 37.0 Å². The molecule has 126 valence electrons. The number of nitrogens with one attached hydrogen (secondary N) is 1. The van der Waals surface area contributed by atoms with Gasteiger partial charge in [-0.1, -0.05) is 43.8 Å². The molecule has 1 amide bonds. The summed E-state index contributed by atoms with van der Waals surface area (Å²) in [5.74, 6) is 0.815. The van der Waals surface area contributed by atoms with Gasteiger partial charge in [-0.15, -0.1) is 10.2 Å². The van der Waals surface area contributed by atoms with Gasteiger partial charge in [0.2, 0.25) is 5.91 Å². The summed E-state index contributed by atoms with van der Waals surface area (Å²) < 4.78 is 2.05. The van der Waals surface area contributed by atoms with E-state index in [4.69, 9.17) is 0 Å². The molecular weight excluding hydrogens is 320 g/mol. The van der Waals surface area contributed by atoms with E-state index in [0.717, 1.165) is 16.3 Å². The second-order valence-corrected chi connectivity index (χ2v) is 7.40. The maximum Gasteiger partial charge on any atom is 0.230 e. The number of rotatable bonds is 5. The van der Waals surface area contributed by atoms with Crippen LogP contribution in [0, 0.1) is 19.8 Å². The average molecular weight is 342 g/mol. The highest BCUT2D eigenvalue weighted by atomic mass is 32.2. The van der Waals surface area contributed by atoms with Crippen molar-refractivity contribution in [3.8, 4) is 0 Å². The Bertz CT molecular complexity index is 901. The smallest absolute Gasteiger partial charge is 0.230 e. The van der Waals surface area contributed by atoms with Crippen molar-refractivity contribution in [2.45, 2.75) is 32.9 Å². The zero-order valence-corrected chi connectivity index (χ0v) is 15.3. The van der Waals surface area contributed by atoms with E-state index in [0.29, 0.717) is 18.2 Å². The summed E-state index contributed by atoms with van der Waals surface area (Å²) in [6, 6.07) is 8.30. The van der Waals surface area contributed by atoms with Crippen molar-refractivity contribution >= 4 is 34.2 Å². The van der Waals surface area contributed by atoms with Crippen LogP contribution in [0.2, 0.25) is 0 Å². The summed E-state index contributed by atoms with van der Waals surface area (Å²) in [7, 11) is 0. The highest BCUT2D eigenvalue weighted by molar-refractivity contribution is 7.99. The van der Waals surface area contributed by atoms with Crippen molar-refractivity contribution in [3.05, 3.63) is 35.4 Å². The van der Waals surface area contributed by atoms with Gasteiger partial charge in [0.1, 0.15) is 0 Å². The average Bonchev–Trinajstić information content (AvgIpc) is 2.94. The SMILES string of the molecule is Cc1cc2nnc(SCC(=O)NCC(C)C)n2c2c(C)cccc12. The van der Waals surface area contributed by atoms with Crippen LogP contribution in [0.15, 0.2) is 29.4 Å². The molecule has 0 aliphatic rings. The number of fused-ring (bicyclic) bond motifs is 3. The summed E-state index contributed by atoms with van der Waals surface area (Å²) in [4.78, 5) is 12.0. The van der Waals surface area contributed by atoms with E-state index in [1.807, 2.05) is 6.07 Å². The number of amides is 1. The fourth-order valence-corrected chi connectivity index (χ4v) is 3.50. The predicted molar refractivity (Wildman–Crippen MR) is 98.5 cm³/mol. The maximum atomic E-state index is 12.0. The summed E-state index contributed by atoms with van der Waals surface area (Å²) in [6.07, 6.45) is 0. The number of hydrogen-bond donors (Lipinski definition) is 1. The molecule has 0 radical (unpaired) electrons. The number of pyridine rings is 1. The lowest BCUT2D eigenvalue weighted by Crippen LogP contribution is -2.28. The first-order valence-electron chi connectivity index (χ1n) is 8.11. The van der Waals surface area contributed by atoms with Crippen LogP contribution in [0.3, 0.4) is 0 Å². The first kappa shape index (κ1) is 16.8. The van der Waals surface area contributed by atoms with E-state index in [2.05, 4.69) is 65.8 Å². The molecule has 24 heavy (non-hydrogen) atoms. The maximum absolute atomic E-state index is 12.0. The lowest BCUT2D eigenvalue weighted by Gasteiger charge is -2.10. The fraction of sp³-hybridized carbons (Fsp3) is 0.389. The minimum Gasteiger partial charge on any atom is -0.355 e. The van der Waals surface area contributed by atoms with Gasteiger partial charge in [0, 0.05) is 11.9 Å². The normalized spacial score (nSPS) is 11.5. The molecule has 5 nitrogen and oxygen atoms in total. The van der Waals surface area contributed by atoms with Crippen molar-refractivity contribution in [1.82, 2.24) is 19.9 Å². The molecule has 2 heterocycles. The monoisotopic (exact) mass is 342 g/mol. The number of nitrogens with zero attached hydrogens (tertiary/aromatic N) is 3. The van der Waals surface area contributed by atoms with Gasteiger partial charge in [-0.3, -0.25) is 9.20 Å². The van der Waals surface area contributed by atoms with Crippen molar-refractivity contribution < 1.29 is 4.79 Å². The summed E-state index contributed by atoms with van der Waals surface area (Å²) in [6.45, 7) is 9.03. The van der Waals surface area contributed by atoms with Crippen LogP contribution in [0.4, 0.5) is 0 Å². The lowest BCUT2D eigenvalue weighted by atomic mass is 10.1. The zero-order valence-electron chi connectivity index (χ0n) is 14.5. The van der Waals surface area contributed by atoms with E-state index in [1.54, 1.807) is 0 Å². The summed E-state index contributed by atoms with van der Waals surface area (Å²) in [5.41, 5.74) is 4.29. The van der Waals surface area contributed by atoms with E-state index in [-0.39, 0.29) is 5.91 Å². The Labute approximate surface area is 145 Å². The van der Waals surface area contributed by atoms with E-state index in [1.165, 1.54) is 28.3 Å². The molecule has 6 heteroatoms. The minimum atomic E-state index is 0.0265. The quantitative estimate of drug-likeness (QED) is 0.722. The predicted octanol–water partition coefficient (Wildman–Crippen LogP) is 3.36. The molecule has 0 aliphatic carbocycles. The van der Waals surface area contributed by atoms with Crippen LogP contribution in [0.1, 0.15) is 25.0 Å². The first-order valence-corrected chi connectivity index (χ1v) is 9.09. The van der Waals surface area contributed by atoms with E-state index < -0.39 is 0 Å². The number of hydrogen-bond acceptors (Lipinski definition) is 4. The van der Waals surface area contributed by atoms with E-state index >= 15 is 0 Å². The number of aryl methyl sites for hydroxylation is 2. The largest absolute Gasteiger partial charge is 0.355 e. The number of para-hydroxylation sites is 1. The van der Waals surface area contributed by atoms with Crippen LogP contribution < -0.4 is 5.32 Å². The van der Waals surface area contributed by atoms with Crippen molar-refractivity contribution in [2.24, 2.45) is 5.92 Å². The highest BCUT2D eigenvalue weighted by Gasteiger charge is 2.14. The highest BCUT2D eigenvalue weighted by Crippen LogP contribution is 2.27. The van der Waals surface area contributed by atoms with Crippen LogP contribution in [-0.4, -0.2) is 32.8 Å². The summed E-state index contributed by atoms with van der Waals surface area (Å²) >= 11 is 1.42. The van der Waals surface area contributed by atoms with Gasteiger partial charge < -0.3 is 5.32 Å². The van der Waals surface area contributed by atoms with Crippen molar-refractivity contribution in [2.75, 3.05) is 12.3 Å². The third-order valence-electron chi connectivity index (χ3n) is 3.93. The molecule has 2 aromatic heterocycles. The molecule has 0 bridgehead atoms. The fourth-order valence-electron chi connectivity index (χ4n) is 2.72. The Kier molecular flexibility index (Phi) is 4.76. The third-order valence-corrected chi connectivity index (χ3v) is 4.86. The van der Waals surface area contributed by atoms with Crippen molar-refractivity contribution in [1.29, 1.82) is 0 Å². The molecule has 0 unspecified atom stereocenters. The van der Waals surface area contributed by atoms with Gasteiger partial charge in [-0.2, -0.15) is 0 Å². The van der Waals surface area contributed by atoms with Crippen LogP contribution in [-0.2, 0) is 4.79 Å². The molecule has 3 aromatic rings. The van der Waals surface area contributed by atoms with Crippen molar-refractivity contribution in [3.63, 3.8) is 0 Å². The molecular formula is C18H22N4OS. The van der Waals surface area contributed by atoms with Crippen LogP contribution >= 0.6 is 11.8 Å². The van der Waals surface area contributed by atoms with Crippen LogP contribution in [0.25, 0.3) is 16.6 Å². The number of carbonyl (C=O) groups is 1. The molecule has 0 saturated heterocycles. The summed E-state index contributed by atoms with van der Waals surface area (Å²) in [5, 5.41) is 13.4. The molecule has 0 fully saturated rings. The minimum absolute atomic E-state index is 0.0265. The topological polar surface area (TPSA) is 59.3 Å². The second-order valence-electron chi connectivity index (χ2n) is 6.46. The lowest BCUT2D eigenvalue weighted by molar-refractivity contribution is -0.118.